The summed E-state index contributed by atoms with van der Waals surface area (Å²) in [4.78, 5) is 0. The molecular weight excluding hydrogens is 379 g/mol. The smallest absolute Gasteiger partial charge is 0.667 e. The molecule has 0 heterocycles. The van der Waals surface area contributed by atoms with Crippen LogP contribution in [0.15, 0.2) is 0 Å². The van der Waals surface area contributed by atoms with Gasteiger partial charge >= 0.3 is 25.8 Å². The van der Waals surface area contributed by atoms with Gasteiger partial charge in [0.05, 0.1) is 0 Å². The van der Waals surface area contributed by atoms with Gasteiger partial charge in [0.2, 0.25) is 0 Å². The van der Waals surface area contributed by atoms with E-state index in [9.17, 15) is 0 Å². The van der Waals surface area contributed by atoms with Crippen LogP contribution < -0.4 is 0 Å². The molecular formula is C12H16HfN4. The zero-order valence-corrected chi connectivity index (χ0v) is 13.2. The van der Waals surface area contributed by atoms with Crippen molar-refractivity contribution in [3.05, 3.63) is 22.9 Å². The van der Waals surface area contributed by atoms with Gasteiger partial charge < -0.3 is 22.9 Å². The van der Waals surface area contributed by atoms with E-state index in [1.54, 1.807) is 0 Å². The minimum atomic E-state index is 0. The van der Waals surface area contributed by atoms with Gasteiger partial charge in [0.25, 0.3) is 0 Å². The average molecular weight is 395 g/mol. The quantitative estimate of drug-likeness (QED) is 0.446. The van der Waals surface area contributed by atoms with Gasteiger partial charge in [-0.1, -0.05) is 26.2 Å². The summed E-state index contributed by atoms with van der Waals surface area (Å²) >= 11 is 0. The fourth-order valence-corrected chi connectivity index (χ4v) is 0. The minimum absolute atomic E-state index is 0. The van der Waals surface area contributed by atoms with Crippen LogP contribution in [-0.2, 0) is 25.8 Å². The Morgan fingerprint density at radius 1 is 0.529 bits per heavy atom. The van der Waals surface area contributed by atoms with Gasteiger partial charge in [0.1, 0.15) is 0 Å². The van der Waals surface area contributed by atoms with Crippen molar-refractivity contribution in [2.45, 2.75) is 0 Å². The third-order valence-electron chi connectivity index (χ3n) is 0.408. The summed E-state index contributed by atoms with van der Waals surface area (Å²) < 4.78 is 0. The third kappa shape index (κ3) is 288. The van der Waals surface area contributed by atoms with Gasteiger partial charge in [0.15, 0.2) is 0 Å². The normalized spacial score (nSPS) is 4.71. The maximum Gasteiger partial charge on any atom is 4.00 e. The van der Waals surface area contributed by atoms with Crippen molar-refractivity contribution in [2.75, 3.05) is 26.2 Å². The van der Waals surface area contributed by atoms with E-state index >= 15 is 0 Å². The second kappa shape index (κ2) is 60.2. The predicted octanol–water partition coefficient (Wildman–Crippen LogP) is 2.68. The fourth-order valence-electron chi connectivity index (χ4n) is 0. The van der Waals surface area contributed by atoms with E-state index in [-0.39, 0.29) is 52.0 Å². The predicted molar refractivity (Wildman–Crippen MR) is 72.1 cm³/mol. The van der Waals surface area contributed by atoms with E-state index < -0.39 is 0 Å². The first-order valence-electron chi connectivity index (χ1n) is 3.98. The second-order valence-corrected chi connectivity index (χ2v) is 1.52. The van der Waals surface area contributed by atoms with E-state index in [4.69, 9.17) is 22.9 Å². The summed E-state index contributed by atoms with van der Waals surface area (Å²) in [6.45, 7) is 0.389. The van der Waals surface area contributed by atoms with Crippen LogP contribution in [0.1, 0.15) is 0 Å². The van der Waals surface area contributed by atoms with E-state index in [0.29, 0.717) is 0 Å². The molecule has 0 aromatic carbocycles. The fraction of sp³-hybridized carbons (Fsp3) is 0.333. The van der Waals surface area contributed by atoms with Gasteiger partial charge in [-0.2, -0.15) is 0 Å². The van der Waals surface area contributed by atoms with Gasteiger partial charge in [-0.05, 0) is 0 Å². The Balaban J connectivity index is -0.0000000369. The van der Waals surface area contributed by atoms with Gasteiger partial charge in [-0.25, -0.2) is 0 Å². The molecule has 17 heavy (non-hydrogen) atoms. The maximum atomic E-state index is 6.22. The van der Waals surface area contributed by atoms with Crippen molar-refractivity contribution in [1.29, 1.82) is 0 Å². The molecule has 0 unspecified atom stereocenters. The van der Waals surface area contributed by atoms with E-state index in [1.165, 1.54) is 0 Å². The summed E-state index contributed by atoms with van der Waals surface area (Å²) in [6.07, 6.45) is 18.4. The van der Waals surface area contributed by atoms with Crippen LogP contribution in [0.25, 0.3) is 22.9 Å². The summed E-state index contributed by atoms with van der Waals surface area (Å²) in [6, 6.07) is 0. The van der Waals surface area contributed by atoms with Crippen molar-refractivity contribution in [3.63, 3.8) is 0 Å². The van der Waals surface area contributed by atoms with Crippen LogP contribution in [0, 0.1) is 49.4 Å². The van der Waals surface area contributed by atoms with Crippen molar-refractivity contribution >= 4 is 0 Å². The Morgan fingerprint density at radius 2 is 0.588 bits per heavy atom. The monoisotopic (exact) mass is 396 g/mol. The molecule has 0 saturated heterocycles. The molecule has 0 atom stereocenters. The molecule has 0 radical (unpaired) electrons. The molecule has 0 aromatic heterocycles. The molecule has 0 bridgehead atoms. The van der Waals surface area contributed by atoms with E-state index in [1.807, 2.05) is 0 Å². The van der Waals surface area contributed by atoms with Crippen LogP contribution in [0.4, 0.5) is 0 Å². The summed E-state index contributed by atoms with van der Waals surface area (Å²) in [7, 11) is 0. The molecule has 4 N–H and O–H groups in total. The molecule has 5 heteroatoms. The first-order chi connectivity index (χ1) is 7.66. The van der Waals surface area contributed by atoms with Gasteiger partial charge in [-0.3, -0.25) is 0 Å². The molecule has 4 nitrogen and oxygen atoms in total. The Kier molecular flexibility index (Phi) is 105. The second-order valence-electron chi connectivity index (χ2n) is 1.52. The van der Waals surface area contributed by atoms with Crippen molar-refractivity contribution in [3.8, 4) is 49.4 Å². The topological polar surface area (TPSA) is 95.2 Å². The number of nitrogens with one attached hydrogen (secondary N) is 4. The Hall–Kier alpha value is -1.05. The Labute approximate surface area is 124 Å². The third-order valence-corrected chi connectivity index (χ3v) is 0.408. The van der Waals surface area contributed by atoms with Crippen molar-refractivity contribution in [1.82, 2.24) is 0 Å². The average Bonchev–Trinajstić information content (AvgIpc) is 2.39. The zero-order chi connectivity index (χ0) is 13.7. The van der Waals surface area contributed by atoms with Crippen LogP contribution in [0.3, 0.4) is 0 Å². The van der Waals surface area contributed by atoms with Crippen molar-refractivity contribution < 1.29 is 25.8 Å². The van der Waals surface area contributed by atoms with Crippen LogP contribution in [0.2, 0.25) is 0 Å². The van der Waals surface area contributed by atoms with E-state index in [2.05, 4.69) is 49.4 Å². The molecule has 0 aliphatic rings. The first-order valence-corrected chi connectivity index (χ1v) is 3.98. The molecule has 0 saturated carbocycles. The molecule has 0 rings (SSSR count). The standard InChI is InChI=1S/4C3H4N.Hf/c4*1-2-3-4;/h4*1,4H,3H2;/q4*-1;+4. The Bertz CT molecular complexity index is 194. The van der Waals surface area contributed by atoms with Gasteiger partial charge in [-0.15, -0.1) is 49.4 Å². The maximum absolute atomic E-state index is 6.22. The first kappa shape index (κ1) is 29.7. The zero-order valence-electron chi connectivity index (χ0n) is 9.64. The summed E-state index contributed by atoms with van der Waals surface area (Å²) in [5.74, 6) is 8.39. The number of terminal acetylenes is 4. The number of hydrogen-bond acceptors (Lipinski definition) is 0. The molecule has 0 aromatic rings. The minimum Gasteiger partial charge on any atom is -0.667 e. The number of hydrogen-bond donors (Lipinski definition) is 0. The number of rotatable bonds is 0. The van der Waals surface area contributed by atoms with Crippen LogP contribution in [-0.4, -0.2) is 26.2 Å². The van der Waals surface area contributed by atoms with Gasteiger partial charge in [0, 0.05) is 0 Å². The Morgan fingerprint density at radius 3 is 0.588 bits per heavy atom. The molecule has 0 amide bonds. The largest absolute Gasteiger partial charge is 4.00 e. The molecule has 0 fully saturated rings. The van der Waals surface area contributed by atoms with Crippen LogP contribution in [0.5, 0.6) is 0 Å². The molecule has 0 aliphatic heterocycles. The summed E-state index contributed by atoms with van der Waals surface area (Å²) in [5.41, 5.74) is 24.9. The van der Waals surface area contributed by atoms with Crippen molar-refractivity contribution in [2.24, 2.45) is 0 Å². The SMILES string of the molecule is C#CC[NH-].C#CC[NH-].C#CC[NH-].C#CC[NH-].[Hf+4]. The van der Waals surface area contributed by atoms with E-state index in [0.717, 1.165) is 0 Å². The summed E-state index contributed by atoms with van der Waals surface area (Å²) in [5, 5.41) is 0. The molecule has 0 aliphatic carbocycles. The molecule has 88 valence electrons. The molecule has 0 spiro atoms. The van der Waals surface area contributed by atoms with Crippen LogP contribution >= 0.6 is 0 Å².